The highest BCUT2D eigenvalue weighted by molar-refractivity contribution is 5.82. The molecule has 0 spiro atoms. The third-order valence-electron chi connectivity index (χ3n) is 8.97. The molecule has 2 unspecified atom stereocenters. The number of rotatable bonds is 8. The Balaban J connectivity index is 1.45. The summed E-state index contributed by atoms with van der Waals surface area (Å²) in [5, 5.41) is 0. The highest BCUT2D eigenvalue weighted by atomic mass is 14.4. The summed E-state index contributed by atoms with van der Waals surface area (Å²) in [6.07, 6.45) is 14.6. The van der Waals surface area contributed by atoms with Crippen LogP contribution >= 0.6 is 0 Å². The SMILES string of the molecule is C=C(CCC)C1=C(C)C=C2CC(=CC3=CC=C(c4ccc(C)cc4C(=C)C)C3)C(=C)C2C1c1ccc(CC)cc1. The minimum absolute atomic E-state index is 0.278. The van der Waals surface area contributed by atoms with Crippen molar-refractivity contribution in [2.45, 2.75) is 72.6 Å². The van der Waals surface area contributed by atoms with Crippen LogP contribution in [0, 0.1) is 12.8 Å². The van der Waals surface area contributed by atoms with Crippen molar-refractivity contribution >= 4 is 11.1 Å². The maximum absolute atomic E-state index is 4.74. The normalized spacial score (nSPS) is 21.4. The molecule has 3 aliphatic carbocycles. The van der Waals surface area contributed by atoms with Gasteiger partial charge < -0.3 is 0 Å². The van der Waals surface area contributed by atoms with E-state index in [1.165, 1.54) is 72.4 Å². The molecule has 0 aromatic heterocycles. The van der Waals surface area contributed by atoms with E-state index in [2.05, 4.69) is 115 Å². The van der Waals surface area contributed by atoms with Gasteiger partial charge in [-0.3, -0.25) is 0 Å². The number of aryl methyl sites for hydroxylation is 2. The summed E-state index contributed by atoms with van der Waals surface area (Å²) in [4.78, 5) is 0. The summed E-state index contributed by atoms with van der Waals surface area (Å²) in [5.41, 5.74) is 18.7. The average molecular weight is 525 g/mol. The zero-order valence-electron chi connectivity index (χ0n) is 25.2. The van der Waals surface area contributed by atoms with Gasteiger partial charge in [-0.2, -0.15) is 0 Å². The summed E-state index contributed by atoms with van der Waals surface area (Å²) < 4.78 is 0. The van der Waals surface area contributed by atoms with Crippen LogP contribution in [0.25, 0.3) is 11.1 Å². The van der Waals surface area contributed by atoms with Gasteiger partial charge in [-0.1, -0.05) is 129 Å². The first kappa shape index (κ1) is 27.9. The van der Waals surface area contributed by atoms with Crippen molar-refractivity contribution in [3.05, 3.63) is 153 Å². The van der Waals surface area contributed by atoms with Crippen LogP contribution in [-0.4, -0.2) is 0 Å². The van der Waals surface area contributed by atoms with E-state index in [1.54, 1.807) is 0 Å². The van der Waals surface area contributed by atoms with Gasteiger partial charge in [0.2, 0.25) is 0 Å². The molecule has 0 saturated heterocycles. The van der Waals surface area contributed by atoms with E-state index in [0.29, 0.717) is 5.92 Å². The second-order valence-electron chi connectivity index (χ2n) is 12.0. The van der Waals surface area contributed by atoms with Crippen molar-refractivity contribution in [2.75, 3.05) is 0 Å². The van der Waals surface area contributed by atoms with Gasteiger partial charge in [0.1, 0.15) is 0 Å². The molecule has 0 heteroatoms. The van der Waals surface area contributed by atoms with E-state index in [1.807, 2.05) is 0 Å². The second-order valence-corrected chi connectivity index (χ2v) is 12.0. The van der Waals surface area contributed by atoms with Gasteiger partial charge in [0.05, 0.1) is 0 Å². The Morgan fingerprint density at radius 2 is 1.70 bits per heavy atom. The molecule has 0 nitrogen and oxygen atoms in total. The van der Waals surface area contributed by atoms with Crippen LogP contribution in [0.15, 0.2) is 126 Å². The van der Waals surface area contributed by atoms with Gasteiger partial charge in [0.25, 0.3) is 0 Å². The van der Waals surface area contributed by atoms with E-state index in [0.717, 1.165) is 37.7 Å². The van der Waals surface area contributed by atoms with Crippen LogP contribution in [0.3, 0.4) is 0 Å². The summed E-state index contributed by atoms with van der Waals surface area (Å²) in [5.74, 6) is 0.577. The van der Waals surface area contributed by atoms with Crippen LogP contribution in [0.1, 0.15) is 87.1 Å². The maximum Gasteiger partial charge on any atom is 0.0201 e. The summed E-state index contributed by atoms with van der Waals surface area (Å²) in [6.45, 7) is 24.6. The Morgan fingerprint density at radius 3 is 2.38 bits per heavy atom. The summed E-state index contributed by atoms with van der Waals surface area (Å²) in [7, 11) is 0. The molecule has 3 aliphatic rings. The van der Waals surface area contributed by atoms with E-state index >= 15 is 0 Å². The zero-order chi connectivity index (χ0) is 28.6. The molecule has 2 atom stereocenters. The molecule has 1 fully saturated rings. The Hall–Kier alpha value is -3.64. The summed E-state index contributed by atoms with van der Waals surface area (Å²) in [6, 6.07) is 16.0. The van der Waals surface area contributed by atoms with E-state index in [9.17, 15) is 0 Å². The Labute approximate surface area is 242 Å². The monoisotopic (exact) mass is 524 g/mol. The van der Waals surface area contributed by atoms with Crippen LogP contribution in [0.4, 0.5) is 0 Å². The van der Waals surface area contributed by atoms with Crippen molar-refractivity contribution in [1.29, 1.82) is 0 Å². The second kappa shape index (κ2) is 11.5. The molecular weight excluding hydrogens is 480 g/mol. The largest absolute Gasteiger partial charge is 0.0955 e. The molecule has 204 valence electrons. The van der Waals surface area contributed by atoms with E-state index in [-0.39, 0.29) is 5.92 Å². The molecule has 2 aromatic rings. The molecule has 0 bridgehead atoms. The first-order valence-electron chi connectivity index (χ1n) is 15.0. The standard InChI is InChI=1S/C40H44/c1-9-11-27(6)38-28(7)21-35-24-34(29(8)39(35)40(38)32-16-13-30(10-2)14-17-32)23-31-15-18-33(22-31)36-19-12-26(5)20-37(36)25(3)4/h12-21,23,39-40H,3,6,8-11,22,24H2,1-2,4-5,7H3. The first-order chi connectivity index (χ1) is 19.2. The Kier molecular flexibility index (Phi) is 7.99. The minimum Gasteiger partial charge on any atom is -0.0955 e. The van der Waals surface area contributed by atoms with E-state index < -0.39 is 0 Å². The lowest BCUT2D eigenvalue weighted by atomic mass is 9.69. The topological polar surface area (TPSA) is 0 Å². The fourth-order valence-corrected chi connectivity index (χ4v) is 6.93. The van der Waals surface area contributed by atoms with Crippen molar-refractivity contribution in [3.63, 3.8) is 0 Å². The highest BCUT2D eigenvalue weighted by Crippen LogP contribution is 2.55. The van der Waals surface area contributed by atoms with Crippen LogP contribution < -0.4 is 0 Å². The first-order valence-corrected chi connectivity index (χ1v) is 15.0. The van der Waals surface area contributed by atoms with E-state index in [4.69, 9.17) is 6.58 Å². The molecular formula is C40H44. The third kappa shape index (κ3) is 5.25. The number of hydrogen-bond acceptors (Lipinski definition) is 0. The maximum atomic E-state index is 4.74. The molecule has 0 aliphatic heterocycles. The molecule has 5 rings (SSSR count). The molecule has 0 heterocycles. The predicted octanol–water partition coefficient (Wildman–Crippen LogP) is 11.2. The molecule has 0 N–H and O–H groups in total. The summed E-state index contributed by atoms with van der Waals surface area (Å²) >= 11 is 0. The van der Waals surface area contributed by atoms with Gasteiger partial charge in [-0.05, 0) is 102 Å². The average Bonchev–Trinajstić information content (AvgIpc) is 3.52. The Bertz CT molecular complexity index is 1540. The number of fused-ring (bicyclic) bond motifs is 1. The Morgan fingerprint density at radius 1 is 0.950 bits per heavy atom. The highest BCUT2D eigenvalue weighted by Gasteiger charge is 2.41. The van der Waals surface area contributed by atoms with Crippen molar-refractivity contribution < 1.29 is 0 Å². The quantitative estimate of drug-likeness (QED) is 0.322. The van der Waals surface area contributed by atoms with Gasteiger partial charge >= 0.3 is 0 Å². The zero-order valence-corrected chi connectivity index (χ0v) is 25.2. The molecule has 40 heavy (non-hydrogen) atoms. The number of hydrogen-bond donors (Lipinski definition) is 0. The molecule has 0 radical (unpaired) electrons. The lowest BCUT2D eigenvalue weighted by Crippen LogP contribution is -2.21. The van der Waals surface area contributed by atoms with Gasteiger partial charge in [0.15, 0.2) is 0 Å². The lowest BCUT2D eigenvalue weighted by molar-refractivity contribution is 0.619. The number of allylic oxidation sites excluding steroid dienone is 13. The van der Waals surface area contributed by atoms with Crippen molar-refractivity contribution in [1.82, 2.24) is 0 Å². The van der Waals surface area contributed by atoms with Gasteiger partial charge in [0, 0.05) is 11.8 Å². The molecule has 1 saturated carbocycles. The lowest BCUT2D eigenvalue weighted by Gasteiger charge is -2.34. The van der Waals surface area contributed by atoms with Crippen LogP contribution in [-0.2, 0) is 6.42 Å². The fourth-order valence-electron chi connectivity index (χ4n) is 6.93. The fraction of sp³-hybridized carbons (Fsp3) is 0.300. The van der Waals surface area contributed by atoms with Crippen molar-refractivity contribution in [3.8, 4) is 0 Å². The molecule has 2 aromatic carbocycles. The predicted molar refractivity (Wildman–Crippen MR) is 175 cm³/mol. The molecule has 0 amide bonds. The third-order valence-corrected chi connectivity index (χ3v) is 8.97. The van der Waals surface area contributed by atoms with Gasteiger partial charge in [-0.25, -0.2) is 0 Å². The smallest absolute Gasteiger partial charge is 0.0201 e. The van der Waals surface area contributed by atoms with Crippen LogP contribution in [0.5, 0.6) is 0 Å². The van der Waals surface area contributed by atoms with Crippen LogP contribution in [0.2, 0.25) is 0 Å². The van der Waals surface area contributed by atoms with Gasteiger partial charge in [-0.15, -0.1) is 0 Å². The number of benzene rings is 2. The van der Waals surface area contributed by atoms with Crippen molar-refractivity contribution in [2.24, 2.45) is 5.92 Å². The minimum atomic E-state index is 0.278.